The van der Waals surface area contributed by atoms with Crippen LogP contribution in [-0.4, -0.2) is 29.2 Å². The van der Waals surface area contributed by atoms with Crippen molar-refractivity contribution in [3.63, 3.8) is 0 Å². The first-order valence-electron chi connectivity index (χ1n) is 7.38. The third-order valence-corrected chi connectivity index (χ3v) is 3.74. The first-order valence-corrected chi connectivity index (χ1v) is 7.38. The third kappa shape index (κ3) is 3.18. The maximum absolute atomic E-state index is 5.46. The van der Waals surface area contributed by atoms with E-state index in [2.05, 4.69) is 16.0 Å². The number of hydrogen-bond donors (Lipinski definition) is 1. The van der Waals surface area contributed by atoms with Gasteiger partial charge in [0.1, 0.15) is 17.3 Å². The fourth-order valence-corrected chi connectivity index (χ4v) is 2.49. The van der Waals surface area contributed by atoms with Crippen LogP contribution < -0.4 is 9.47 Å². The van der Waals surface area contributed by atoms with Crippen molar-refractivity contribution >= 4 is 0 Å². The molecule has 0 aliphatic heterocycles. The Morgan fingerprint density at radius 2 is 2.00 bits per heavy atom. The fraction of sp³-hybridized carbons (Fsp3) is 0.222. The van der Waals surface area contributed by atoms with E-state index in [1.807, 2.05) is 37.4 Å². The monoisotopic (exact) mass is 309 g/mol. The van der Waals surface area contributed by atoms with Crippen LogP contribution in [-0.2, 0) is 6.42 Å². The highest BCUT2D eigenvalue weighted by atomic mass is 16.5. The van der Waals surface area contributed by atoms with E-state index in [0.717, 1.165) is 46.3 Å². The van der Waals surface area contributed by atoms with E-state index < -0.39 is 0 Å². The molecule has 0 aliphatic carbocycles. The average Bonchev–Trinajstić information content (AvgIpc) is 2.95. The number of hydrogen-bond acceptors (Lipinski definition) is 4. The molecule has 0 bridgehead atoms. The number of methoxy groups -OCH3 is 2. The number of aryl methyl sites for hydroxylation is 1. The summed E-state index contributed by atoms with van der Waals surface area (Å²) in [6.45, 7) is 2.03. The van der Waals surface area contributed by atoms with E-state index in [0.29, 0.717) is 0 Å². The van der Waals surface area contributed by atoms with Gasteiger partial charge >= 0.3 is 0 Å². The summed E-state index contributed by atoms with van der Waals surface area (Å²) in [6, 6.07) is 9.69. The molecule has 1 N–H and O–H groups in total. The highest BCUT2D eigenvalue weighted by Gasteiger charge is 2.14. The Morgan fingerprint density at radius 3 is 2.70 bits per heavy atom. The number of pyridine rings is 1. The molecule has 1 aromatic carbocycles. The van der Waals surface area contributed by atoms with Gasteiger partial charge in [-0.05, 0) is 30.7 Å². The number of ether oxygens (including phenoxy) is 2. The van der Waals surface area contributed by atoms with Crippen LogP contribution >= 0.6 is 0 Å². The number of nitrogens with zero attached hydrogens (tertiary/aromatic N) is 2. The minimum atomic E-state index is 0.728. The Balaban J connectivity index is 1.94. The quantitative estimate of drug-likeness (QED) is 0.785. The van der Waals surface area contributed by atoms with Gasteiger partial charge in [-0.2, -0.15) is 0 Å². The molecule has 0 unspecified atom stereocenters. The molecule has 118 valence electrons. The van der Waals surface area contributed by atoms with Gasteiger partial charge in [-0.1, -0.05) is 6.07 Å². The number of H-pyrrole nitrogens is 1. The lowest BCUT2D eigenvalue weighted by molar-refractivity contribution is 0.395. The number of benzene rings is 1. The van der Waals surface area contributed by atoms with Crippen LogP contribution in [0.1, 0.15) is 17.0 Å². The molecule has 0 fully saturated rings. The molecule has 0 aliphatic rings. The van der Waals surface area contributed by atoms with E-state index in [-0.39, 0.29) is 0 Å². The van der Waals surface area contributed by atoms with Crippen LogP contribution in [0, 0.1) is 6.92 Å². The number of imidazole rings is 1. The summed E-state index contributed by atoms with van der Waals surface area (Å²) in [6.07, 6.45) is 4.38. The van der Waals surface area contributed by atoms with Gasteiger partial charge in [-0.3, -0.25) is 4.98 Å². The maximum Gasteiger partial charge on any atom is 0.141 e. The van der Waals surface area contributed by atoms with Gasteiger partial charge in [0.2, 0.25) is 0 Å². The molecule has 5 nitrogen and oxygen atoms in total. The highest BCUT2D eigenvalue weighted by molar-refractivity contribution is 5.66. The number of aromatic amines is 1. The molecule has 0 amide bonds. The first kappa shape index (κ1) is 15.1. The van der Waals surface area contributed by atoms with Crippen LogP contribution in [0.4, 0.5) is 0 Å². The zero-order valence-corrected chi connectivity index (χ0v) is 13.5. The van der Waals surface area contributed by atoms with Crippen molar-refractivity contribution in [1.29, 1.82) is 0 Å². The smallest absolute Gasteiger partial charge is 0.141 e. The summed E-state index contributed by atoms with van der Waals surface area (Å²) in [5, 5.41) is 0. The summed E-state index contributed by atoms with van der Waals surface area (Å²) in [5.41, 5.74) is 4.09. The Kier molecular flexibility index (Phi) is 4.28. The lowest BCUT2D eigenvalue weighted by Gasteiger charge is -2.08. The second-order valence-electron chi connectivity index (χ2n) is 5.26. The molecule has 2 aromatic heterocycles. The highest BCUT2D eigenvalue weighted by Crippen LogP contribution is 2.32. The average molecular weight is 309 g/mol. The van der Waals surface area contributed by atoms with Crippen molar-refractivity contribution in [1.82, 2.24) is 15.0 Å². The Labute approximate surface area is 135 Å². The van der Waals surface area contributed by atoms with Crippen molar-refractivity contribution in [3.05, 3.63) is 59.7 Å². The molecule has 0 radical (unpaired) electrons. The molecule has 0 saturated carbocycles. The van der Waals surface area contributed by atoms with Gasteiger partial charge in [0.05, 0.1) is 25.5 Å². The van der Waals surface area contributed by atoms with Crippen molar-refractivity contribution in [2.45, 2.75) is 13.3 Å². The molecule has 0 spiro atoms. The van der Waals surface area contributed by atoms with Gasteiger partial charge in [-0.25, -0.2) is 4.98 Å². The minimum Gasteiger partial charge on any atom is -0.497 e. The third-order valence-electron chi connectivity index (χ3n) is 3.74. The molecular formula is C18H19N3O2. The number of rotatable bonds is 5. The van der Waals surface area contributed by atoms with Crippen molar-refractivity contribution < 1.29 is 9.47 Å². The SMILES string of the molecule is COc1ccc(-c2nc(Cc3cccnc3)c(C)[nH]2)c(OC)c1. The molecule has 5 heteroatoms. The zero-order chi connectivity index (χ0) is 16.2. The second-order valence-corrected chi connectivity index (χ2v) is 5.26. The maximum atomic E-state index is 5.46. The molecule has 0 atom stereocenters. The van der Waals surface area contributed by atoms with Gasteiger partial charge in [0, 0.05) is 30.6 Å². The van der Waals surface area contributed by atoms with E-state index in [9.17, 15) is 0 Å². The zero-order valence-electron chi connectivity index (χ0n) is 13.5. The van der Waals surface area contributed by atoms with Crippen LogP contribution in [0.15, 0.2) is 42.7 Å². The number of nitrogens with one attached hydrogen (secondary N) is 1. The standard InChI is InChI=1S/C18H19N3O2/c1-12-16(9-13-5-4-8-19-11-13)21-18(20-12)15-7-6-14(22-2)10-17(15)23-3/h4-8,10-11H,9H2,1-3H3,(H,20,21). The van der Waals surface area contributed by atoms with Crippen LogP contribution in [0.25, 0.3) is 11.4 Å². The van der Waals surface area contributed by atoms with Crippen molar-refractivity contribution in [2.75, 3.05) is 14.2 Å². The second kappa shape index (κ2) is 6.52. The molecule has 0 saturated heterocycles. The van der Waals surface area contributed by atoms with E-state index in [1.165, 1.54) is 0 Å². The molecule has 3 rings (SSSR count). The van der Waals surface area contributed by atoms with Gasteiger partial charge in [-0.15, -0.1) is 0 Å². The van der Waals surface area contributed by atoms with Crippen LogP contribution in [0.3, 0.4) is 0 Å². The summed E-state index contributed by atoms with van der Waals surface area (Å²) in [4.78, 5) is 12.2. The molecular weight excluding hydrogens is 290 g/mol. The molecule has 23 heavy (non-hydrogen) atoms. The van der Waals surface area contributed by atoms with Gasteiger partial charge in [0.15, 0.2) is 0 Å². The Hall–Kier alpha value is -2.82. The summed E-state index contributed by atoms with van der Waals surface area (Å²) >= 11 is 0. The summed E-state index contributed by atoms with van der Waals surface area (Å²) in [5.74, 6) is 2.27. The summed E-state index contributed by atoms with van der Waals surface area (Å²) < 4.78 is 10.7. The predicted molar refractivity (Wildman–Crippen MR) is 88.9 cm³/mol. The topological polar surface area (TPSA) is 60.0 Å². The van der Waals surface area contributed by atoms with Crippen LogP contribution in [0.5, 0.6) is 11.5 Å². The fourth-order valence-electron chi connectivity index (χ4n) is 2.49. The largest absolute Gasteiger partial charge is 0.497 e. The minimum absolute atomic E-state index is 0.728. The van der Waals surface area contributed by atoms with Crippen LogP contribution in [0.2, 0.25) is 0 Å². The molecule has 3 aromatic rings. The lowest BCUT2D eigenvalue weighted by Crippen LogP contribution is -1.93. The summed E-state index contributed by atoms with van der Waals surface area (Å²) in [7, 11) is 3.28. The van der Waals surface area contributed by atoms with E-state index in [1.54, 1.807) is 20.4 Å². The van der Waals surface area contributed by atoms with E-state index >= 15 is 0 Å². The van der Waals surface area contributed by atoms with E-state index in [4.69, 9.17) is 14.5 Å². The van der Waals surface area contributed by atoms with Gasteiger partial charge in [0.25, 0.3) is 0 Å². The normalized spacial score (nSPS) is 10.6. The molecule has 2 heterocycles. The van der Waals surface area contributed by atoms with Crippen molar-refractivity contribution in [2.24, 2.45) is 0 Å². The Morgan fingerprint density at radius 1 is 1.13 bits per heavy atom. The predicted octanol–water partition coefficient (Wildman–Crippen LogP) is 3.39. The van der Waals surface area contributed by atoms with Crippen molar-refractivity contribution in [3.8, 4) is 22.9 Å². The Bertz CT molecular complexity index is 797. The van der Waals surface area contributed by atoms with Gasteiger partial charge < -0.3 is 14.5 Å². The lowest BCUT2D eigenvalue weighted by atomic mass is 10.1. The first-order chi connectivity index (χ1) is 11.2. The number of aromatic nitrogens is 3.